The van der Waals surface area contributed by atoms with Gasteiger partial charge in [0.1, 0.15) is 18.1 Å². The Balaban J connectivity index is 1.68. The second kappa shape index (κ2) is 18.6. The summed E-state index contributed by atoms with van der Waals surface area (Å²) in [6.45, 7) is 14.9. The minimum absolute atomic E-state index is 0.0388. The first-order chi connectivity index (χ1) is 23.2. The van der Waals surface area contributed by atoms with Crippen molar-refractivity contribution in [2.75, 3.05) is 32.8 Å². The monoisotopic (exact) mass is 680 g/mol. The molecule has 1 aromatic rings. The van der Waals surface area contributed by atoms with E-state index in [1.54, 1.807) is 11.8 Å². The largest absolute Gasteiger partial charge is 0.388 e. The normalized spacial score (nSPS) is 17.9. The van der Waals surface area contributed by atoms with E-state index >= 15 is 0 Å². The first kappa shape index (κ1) is 39.4. The molecule has 0 aromatic heterocycles. The predicted molar refractivity (Wildman–Crippen MR) is 186 cm³/mol. The van der Waals surface area contributed by atoms with E-state index in [4.69, 9.17) is 4.74 Å². The minimum Gasteiger partial charge on any atom is -0.388 e. The number of amides is 4. The number of Topliss-reactive ketones (excluding diaryl/α,β-unsaturated/α-hetero) is 2. The van der Waals surface area contributed by atoms with Crippen molar-refractivity contribution >= 4 is 35.2 Å². The smallest absolute Gasteiger partial charge is 0.245 e. The van der Waals surface area contributed by atoms with E-state index in [2.05, 4.69) is 28.2 Å². The van der Waals surface area contributed by atoms with Crippen LogP contribution in [0.5, 0.6) is 0 Å². The Morgan fingerprint density at radius 2 is 1.47 bits per heavy atom. The van der Waals surface area contributed by atoms with Gasteiger partial charge in [-0.05, 0) is 49.5 Å². The highest BCUT2D eigenvalue weighted by molar-refractivity contribution is 6.22. The van der Waals surface area contributed by atoms with E-state index in [9.17, 15) is 28.8 Å². The average Bonchev–Trinajstić information content (AvgIpc) is 3.02. The molecule has 1 saturated heterocycles. The van der Waals surface area contributed by atoms with Gasteiger partial charge in [-0.25, -0.2) is 0 Å². The Morgan fingerprint density at radius 3 is 2.06 bits per heavy atom. The fraction of sp³-hybridized carbons (Fsp3) is 0.595. The van der Waals surface area contributed by atoms with Crippen LogP contribution in [0, 0.1) is 18.3 Å². The van der Waals surface area contributed by atoms with Gasteiger partial charge < -0.3 is 30.9 Å². The zero-order valence-corrected chi connectivity index (χ0v) is 29.7. The lowest BCUT2D eigenvalue weighted by molar-refractivity contribution is -0.141. The number of carbonyl (C=O) groups excluding carboxylic acids is 6. The number of allylic oxidation sites excluding steroid dienone is 2. The van der Waals surface area contributed by atoms with Gasteiger partial charge in [0, 0.05) is 51.5 Å². The second-order valence-electron chi connectivity index (χ2n) is 14.3. The van der Waals surface area contributed by atoms with Crippen molar-refractivity contribution in [3.63, 3.8) is 0 Å². The molecule has 1 aliphatic carbocycles. The van der Waals surface area contributed by atoms with Crippen molar-refractivity contribution in [1.29, 1.82) is 0 Å². The van der Waals surface area contributed by atoms with Gasteiger partial charge in [0.05, 0.1) is 18.8 Å². The van der Waals surface area contributed by atoms with E-state index in [1.165, 1.54) is 0 Å². The molecule has 3 atom stereocenters. The lowest BCUT2D eigenvalue weighted by Crippen LogP contribution is -2.58. The van der Waals surface area contributed by atoms with Gasteiger partial charge in [0.15, 0.2) is 11.6 Å². The molecule has 3 rings (SSSR count). The Hall–Kier alpha value is -4.06. The quantitative estimate of drug-likeness (QED) is 0.118. The summed E-state index contributed by atoms with van der Waals surface area (Å²) in [4.78, 5) is 79.8. The number of rotatable bonds is 16. The summed E-state index contributed by atoms with van der Waals surface area (Å²) >= 11 is 0. The molecular formula is C37H54N5O7. The van der Waals surface area contributed by atoms with E-state index in [1.807, 2.05) is 58.0 Å². The molecule has 1 aliphatic heterocycles. The minimum atomic E-state index is -0.947. The van der Waals surface area contributed by atoms with Crippen LogP contribution in [-0.2, 0) is 39.9 Å². The van der Waals surface area contributed by atoms with E-state index in [0.29, 0.717) is 77.1 Å². The standard InChI is InChI=1S/C37H54N5O7/c1-24(2)20-29(41-35(47)30(39-26(4)43)21-27-12-8-7-9-13-27)34(46)40-28(36(48)42-16-18-49-19-17-42)14-10-11-15-38-25(3)33-31(44)22-37(5,6)23-32(33)45/h7-9,12-13,24,28-30,38H,4,10-11,14-23H2,1-3,5-6H3,(H,39,43)(H,40,46)(H,41,47)/t28-,29-,30-/m1/s1. The van der Waals surface area contributed by atoms with E-state index in [-0.39, 0.29) is 40.8 Å². The summed E-state index contributed by atoms with van der Waals surface area (Å²) in [7, 11) is 0. The average molecular weight is 681 g/mol. The molecule has 0 bridgehead atoms. The maximum atomic E-state index is 13.8. The number of benzene rings is 1. The third-order valence-electron chi connectivity index (χ3n) is 8.73. The molecule has 12 heteroatoms. The van der Waals surface area contributed by atoms with Crippen molar-refractivity contribution in [1.82, 2.24) is 26.2 Å². The number of hydrogen-bond acceptors (Lipinski definition) is 8. The lowest BCUT2D eigenvalue weighted by Gasteiger charge is -2.32. The molecule has 1 saturated carbocycles. The Kier molecular flexibility index (Phi) is 15.0. The summed E-state index contributed by atoms with van der Waals surface area (Å²) in [5, 5.41) is 11.5. The van der Waals surface area contributed by atoms with Gasteiger partial charge in [-0.1, -0.05) is 58.0 Å². The third-order valence-corrected chi connectivity index (χ3v) is 8.73. The number of nitrogens with zero attached hydrogens (tertiary/aromatic N) is 1. The summed E-state index contributed by atoms with van der Waals surface area (Å²) in [6, 6.07) is 6.50. The number of ketones is 2. The zero-order chi connectivity index (χ0) is 36.1. The van der Waals surface area contributed by atoms with Crippen LogP contribution in [0.25, 0.3) is 0 Å². The SMILES string of the molecule is [CH2]C(=O)N[C@H](Cc1ccccc1)C(=O)N[C@H](CC(C)C)C(=O)N[C@H](CCCCNC(C)=C1C(=O)CC(C)(C)CC1=O)C(=O)N1CCOCC1. The first-order valence-electron chi connectivity index (χ1n) is 17.3. The van der Waals surface area contributed by atoms with Crippen LogP contribution in [0.15, 0.2) is 41.6 Å². The fourth-order valence-corrected chi connectivity index (χ4v) is 6.28. The van der Waals surface area contributed by atoms with Crippen molar-refractivity contribution in [3.8, 4) is 0 Å². The number of morpholine rings is 1. The van der Waals surface area contributed by atoms with Crippen LogP contribution in [0.4, 0.5) is 0 Å². The number of nitrogens with one attached hydrogen (secondary N) is 4. The van der Waals surface area contributed by atoms with Gasteiger partial charge in [0.25, 0.3) is 0 Å². The number of hydrogen-bond donors (Lipinski definition) is 4. The van der Waals surface area contributed by atoms with Gasteiger partial charge in [-0.15, -0.1) is 0 Å². The summed E-state index contributed by atoms with van der Waals surface area (Å²) in [5.74, 6) is -2.09. The molecule has 1 aromatic carbocycles. The Labute approximate surface area is 290 Å². The maximum absolute atomic E-state index is 13.8. The number of carbonyl (C=O) groups is 6. The Bertz CT molecular complexity index is 1350. The summed E-state index contributed by atoms with van der Waals surface area (Å²) in [5.41, 5.74) is 1.30. The van der Waals surface area contributed by atoms with Gasteiger partial charge >= 0.3 is 0 Å². The van der Waals surface area contributed by atoms with Gasteiger partial charge in [-0.3, -0.25) is 28.8 Å². The molecule has 0 spiro atoms. The molecule has 49 heavy (non-hydrogen) atoms. The molecule has 269 valence electrons. The predicted octanol–water partition coefficient (Wildman–Crippen LogP) is 2.41. The lowest BCUT2D eigenvalue weighted by atomic mass is 9.73. The van der Waals surface area contributed by atoms with Crippen molar-refractivity contribution < 1.29 is 33.5 Å². The topological polar surface area (TPSA) is 163 Å². The molecule has 4 N–H and O–H groups in total. The van der Waals surface area contributed by atoms with Gasteiger partial charge in [0.2, 0.25) is 23.6 Å². The number of unbranched alkanes of at least 4 members (excludes halogenated alkanes) is 1. The van der Waals surface area contributed by atoms with E-state index < -0.39 is 35.8 Å². The molecule has 4 amide bonds. The second-order valence-corrected chi connectivity index (χ2v) is 14.3. The van der Waals surface area contributed by atoms with Gasteiger partial charge in [-0.2, -0.15) is 0 Å². The highest BCUT2D eigenvalue weighted by atomic mass is 16.5. The van der Waals surface area contributed by atoms with Crippen molar-refractivity contribution in [3.05, 3.63) is 54.1 Å². The highest BCUT2D eigenvalue weighted by Gasteiger charge is 2.37. The van der Waals surface area contributed by atoms with Crippen molar-refractivity contribution in [2.45, 2.75) is 97.7 Å². The number of ether oxygens (including phenoxy) is 1. The van der Waals surface area contributed by atoms with Crippen LogP contribution in [-0.4, -0.2) is 91.1 Å². The molecule has 0 unspecified atom stereocenters. The first-order valence-corrected chi connectivity index (χ1v) is 17.3. The molecule has 2 fully saturated rings. The Morgan fingerprint density at radius 1 is 0.878 bits per heavy atom. The van der Waals surface area contributed by atoms with Crippen LogP contribution >= 0.6 is 0 Å². The van der Waals surface area contributed by atoms with Crippen molar-refractivity contribution in [2.24, 2.45) is 11.3 Å². The fourth-order valence-electron chi connectivity index (χ4n) is 6.28. The highest BCUT2D eigenvalue weighted by Crippen LogP contribution is 2.34. The molecule has 1 radical (unpaired) electrons. The molecular weight excluding hydrogens is 626 g/mol. The van der Waals surface area contributed by atoms with Crippen LogP contribution in [0.1, 0.15) is 78.7 Å². The molecule has 12 nitrogen and oxygen atoms in total. The third kappa shape index (κ3) is 12.7. The van der Waals surface area contributed by atoms with Crippen LogP contribution < -0.4 is 21.3 Å². The zero-order valence-electron chi connectivity index (χ0n) is 29.7. The maximum Gasteiger partial charge on any atom is 0.245 e. The van der Waals surface area contributed by atoms with Crippen LogP contribution in [0.3, 0.4) is 0 Å². The molecule has 1 heterocycles. The summed E-state index contributed by atoms with van der Waals surface area (Å²) < 4.78 is 5.42. The van der Waals surface area contributed by atoms with E-state index in [0.717, 1.165) is 5.56 Å². The van der Waals surface area contributed by atoms with Crippen LogP contribution in [0.2, 0.25) is 0 Å². The molecule has 2 aliphatic rings. The summed E-state index contributed by atoms with van der Waals surface area (Å²) in [6.07, 6.45) is 2.73.